The van der Waals surface area contributed by atoms with Crippen LogP contribution in [0.5, 0.6) is 5.75 Å². The molecule has 4 rings (SSSR count). The highest BCUT2D eigenvalue weighted by atomic mass is 32.1. The fourth-order valence-electron chi connectivity index (χ4n) is 2.77. The van der Waals surface area contributed by atoms with Gasteiger partial charge in [-0.05, 0) is 25.1 Å². The number of para-hydroxylation sites is 1. The highest BCUT2D eigenvalue weighted by molar-refractivity contribution is 7.18. The summed E-state index contributed by atoms with van der Waals surface area (Å²) in [5, 5.41) is 12.4. The van der Waals surface area contributed by atoms with Gasteiger partial charge in [0.25, 0.3) is 0 Å². The molecule has 0 amide bonds. The van der Waals surface area contributed by atoms with E-state index >= 15 is 0 Å². The molecule has 7 heteroatoms. The smallest absolute Gasteiger partial charge is 0.243 e. The highest BCUT2D eigenvalue weighted by Gasteiger charge is 2.10. The zero-order chi connectivity index (χ0) is 17.9. The lowest BCUT2D eigenvalue weighted by molar-refractivity contribution is 0.412. The van der Waals surface area contributed by atoms with Gasteiger partial charge in [-0.1, -0.05) is 24.3 Å². The molecule has 0 radical (unpaired) electrons. The number of hydrogen-bond donors (Lipinski definition) is 1. The number of fused-ring (bicyclic) bond motifs is 1. The van der Waals surface area contributed by atoms with Crippen LogP contribution in [0, 0.1) is 6.92 Å². The maximum Gasteiger partial charge on any atom is 0.243 e. The van der Waals surface area contributed by atoms with Gasteiger partial charge in [-0.15, -0.1) is 16.4 Å². The number of nitrogens with zero attached hydrogens (tertiary/aromatic N) is 4. The van der Waals surface area contributed by atoms with Gasteiger partial charge >= 0.3 is 0 Å². The third-order valence-electron chi connectivity index (χ3n) is 4.07. The first-order valence-electron chi connectivity index (χ1n) is 8.16. The number of benzene rings is 2. The van der Waals surface area contributed by atoms with Crippen molar-refractivity contribution in [1.29, 1.82) is 0 Å². The van der Waals surface area contributed by atoms with Crippen LogP contribution < -0.4 is 10.1 Å². The molecular weight excluding hydrogens is 346 g/mol. The molecule has 130 valence electrons. The van der Waals surface area contributed by atoms with Crippen molar-refractivity contribution in [2.75, 3.05) is 12.4 Å². The molecule has 2 aromatic carbocycles. The van der Waals surface area contributed by atoms with Crippen LogP contribution >= 0.6 is 11.3 Å². The van der Waals surface area contributed by atoms with Crippen LogP contribution in [0.2, 0.25) is 0 Å². The fraction of sp³-hybridized carbons (Fsp3) is 0.158. The standard InChI is InChI=1S/C19H17N5OS/c1-12-13(6-5-8-16(12)25-2)15-10-21-24-19(23-15)20-11-18-22-14-7-3-4-9-17(14)26-18/h3-10H,11H2,1-2H3,(H,20,23,24). The summed E-state index contributed by atoms with van der Waals surface area (Å²) in [5.74, 6) is 1.30. The molecule has 0 aliphatic rings. The second kappa shape index (κ2) is 7.05. The molecule has 6 nitrogen and oxygen atoms in total. The SMILES string of the molecule is COc1cccc(-c2cnnc(NCc3nc4ccccc4s3)n2)c1C. The largest absolute Gasteiger partial charge is 0.496 e. The van der Waals surface area contributed by atoms with Crippen LogP contribution in [0.1, 0.15) is 10.6 Å². The van der Waals surface area contributed by atoms with Gasteiger partial charge in [0.1, 0.15) is 10.8 Å². The number of nitrogens with one attached hydrogen (secondary N) is 1. The first-order chi connectivity index (χ1) is 12.7. The minimum absolute atomic E-state index is 0.476. The van der Waals surface area contributed by atoms with Crippen molar-refractivity contribution in [1.82, 2.24) is 20.2 Å². The Hall–Kier alpha value is -3.06. The lowest BCUT2D eigenvalue weighted by Gasteiger charge is -2.10. The Morgan fingerprint density at radius 1 is 1.08 bits per heavy atom. The van der Waals surface area contributed by atoms with E-state index in [1.165, 1.54) is 4.70 Å². The molecule has 0 spiro atoms. The normalized spacial score (nSPS) is 10.8. The molecule has 0 bridgehead atoms. The highest BCUT2D eigenvalue weighted by Crippen LogP contribution is 2.28. The van der Waals surface area contributed by atoms with E-state index < -0.39 is 0 Å². The third-order valence-corrected chi connectivity index (χ3v) is 5.11. The molecule has 0 aliphatic carbocycles. The summed E-state index contributed by atoms with van der Waals surface area (Å²) in [5.41, 5.74) is 3.76. The maximum atomic E-state index is 5.39. The Bertz CT molecular complexity index is 1030. The lowest BCUT2D eigenvalue weighted by Crippen LogP contribution is -2.05. The van der Waals surface area contributed by atoms with Gasteiger partial charge in [0.15, 0.2) is 0 Å². The Labute approximate surface area is 154 Å². The second-order valence-corrected chi connectivity index (χ2v) is 6.84. The van der Waals surface area contributed by atoms with Gasteiger partial charge in [0.05, 0.1) is 35.8 Å². The number of thiazole rings is 1. The van der Waals surface area contributed by atoms with Gasteiger partial charge in [0, 0.05) is 11.1 Å². The summed E-state index contributed by atoms with van der Waals surface area (Å²) in [4.78, 5) is 9.19. The lowest BCUT2D eigenvalue weighted by atomic mass is 10.1. The quantitative estimate of drug-likeness (QED) is 0.576. The Morgan fingerprint density at radius 3 is 2.81 bits per heavy atom. The fourth-order valence-corrected chi connectivity index (χ4v) is 3.68. The summed E-state index contributed by atoms with van der Waals surface area (Å²) >= 11 is 1.66. The van der Waals surface area contributed by atoms with E-state index in [0.717, 1.165) is 33.1 Å². The van der Waals surface area contributed by atoms with Gasteiger partial charge in [-0.25, -0.2) is 9.97 Å². The van der Waals surface area contributed by atoms with E-state index in [-0.39, 0.29) is 0 Å². The van der Waals surface area contributed by atoms with Crippen molar-refractivity contribution in [2.24, 2.45) is 0 Å². The Kier molecular flexibility index (Phi) is 4.45. The average Bonchev–Trinajstić information content (AvgIpc) is 3.10. The second-order valence-electron chi connectivity index (χ2n) is 5.73. The zero-order valence-corrected chi connectivity index (χ0v) is 15.2. The molecule has 0 saturated carbocycles. The van der Waals surface area contributed by atoms with Crippen LogP contribution in [0.15, 0.2) is 48.7 Å². The van der Waals surface area contributed by atoms with Gasteiger partial charge in [0.2, 0.25) is 5.95 Å². The van der Waals surface area contributed by atoms with Crippen molar-refractivity contribution in [2.45, 2.75) is 13.5 Å². The van der Waals surface area contributed by atoms with Crippen molar-refractivity contribution >= 4 is 27.5 Å². The monoisotopic (exact) mass is 363 g/mol. The topological polar surface area (TPSA) is 72.8 Å². The van der Waals surface area contributed by atoms with Crippen molar-refractivity contribution < 1.29 is 4.74 Å². The van der Waals surface area contributed by atoms with Crippen LogP contribution in [0.25, 0.3) is 21.5 Å². The molecule has 0 atom stereocenters. The molecule has 2 aromatic heterocycles. The molecule has 1 N–H and O–H groups in total. The van der Waals surface area contributed by atoms with Crippen LogP contribution in [0.4, 0.5) is 5.95 Å². The molecule has 26 heavy (non-hydrogen) atoms. The summed E-state index contributed by atoms with van der Waals surface area (Å²) in [7, 11) is 1.66. The van der Waals surface area contributed by atoms with E-state index in [1.807, 2.05) is 43.3 Å². The first kappa shape index (κ1) is 16.4. The van der Waals surface area contributed by atoms with Crippen LogP contribution in [0.3, 0.4) is 0 Å². The van der Waals surface area contributed by atoms with E-state index in [9.17, 15) is 0 Å². The van der Waals surface area contributed by atoms with Gasteiger partial charge < -0.3 is 10.1 Å². The number of hydrogen-bond acceptors (Lipinski definition) is 7. The molecule has 0 fully saturated rings. The summed E-state index contributed by atoms with van der Waals surface area (Å²) in [6.45, 7) is 2.56. The Balaban J connectivity index is 1.56. The van der Waals surface area contributed by atoms with Crippen LogP contribution in [-0.2, 0) is 6.54 Å². The summed E-state index contributed by atoms with van der Waals surface area (Å²) in [6, 6.07) is 14.0. The molecular formula is C19H17N5OS. The van der Waals surface area contributed by atoms with Gasteiger partial charge in [-0.2, -0.15) is 5.10 Å². The molecule has 0 saturated heterocycles. The zero-order valence-electron chi connectivity index (χ0n) is 14.4. The van der Waals surface area contributed by atoms with Gasteiger partial charge in [-0.3, -0.25) is 0 Å². The minimum atomic E-state index is 0.476. The predicted molar refractivity (Wildman–Crippen MR) is 103 cm³/mol. The van der Waals surface area contributed by atoms with Crippen LogP contribution in [-0.4, -0.2) is 27.3 Å². The maximum absolute atomic E-state index is 5.39. The van der Waals surface area contributed by atoms with Crippen molar-refractivity contribution in [3.63, 3.8) is 0 Å². The number of methoxy groups -OCH3 is 1. The van der Waals surface area contributed by atoms with E-state index in [2.05, 4.69) is 31.5 Å². The number of ether oxygens (including phenoxy) is 1. The van der Waals surface area contributed by atoms with E-state index in [1.54, 1.807) is 24.6 Å². The first-order valence-corrected chi connectivity index (χ1v) is 8.98. The molecule has 2 heterocycles. The van der Waals surface area contributed by atoms with Crippen molar-refractivity contribution in [3.8, 4) is 17.0 Å². The average molecular weight is 363 g/mol. The van der Waals surface area contributed by atoms with E-state index in [4.69, 9.17) is 4.74 Å². The number of aromatic nitrogens is 4. The molecule has 0 unspecified atom stereocenters. The minimum Gasteiger partial charge on any atom is -0.496 e. The summed E-state index contributed by atoms with van der Waals surface area (Å²) < 4.78 is 6.56. The molecule has 4 aromatic rings. The predicted octanol–water partition coefficient (Wildman–Crippen LogP) is 4.08. The summed E-state index contributed by atoms with van der Waals surface area (Å²) in [6.07, 6.45) is 1.66. The number of anilines is 1. The number of rotatable bonds is 5. The third kappa shape index (κ3) is 3.21. The molecule has 0 aliphatic heterocycles. The Morgan fingerprint density at radius 2 is 1.96 bits per heavy atom. The van der Waals surface area contributed by atoms with Crippen molar-refractivity contribution in [3.05, 3.63) is 59.2 Å². The van der Waals surface area contributed by atoms with E-state index in [0.29, 0.717) is 12.5 Å².